The van der Waals surface area contributed by atoms with Gasteiger partial charge in [0.2, 0.25) is 15.9 Å². The van der Waals surface area contributed by atoms with Gasteiger partial charge in [-0.15, -0.1) is 12.4 Å². The zero-order chi connectivity index (χ0) is 22.6. The van der Waals surface area contributed by atoms with Crippen LogP contribution in [0.2, 0.25) is 0 Å². The Morgan fingerprint density at radius 2 is 1.58 bits per heavy atom. The summed E-state index contributed by atoms with van der Waals surface area (Å²) in [6.07, 6.45) is 5.25. The van der Waals surface area contributed by atoms with Crippen LogP contribution in [-0.4, -0.2) is 51.9 Å². The Labute approximate surface area is 202 Å². The molecule has 1 amide bonds. The first-order chi connectivity index (χ1) is 15.5. The van der Waals surface area contributed by atoms with Gasteiger partial charge >= 0.3 is 0 Å². The molecule has 1 aliphatic heterocycles. The molecule has 1 saturated heterocycles. The van der Waals surface area contributed by atoms with Crippen LogP contribution < -0.4 is 15.0 Å². The molecule has 9 heteroatoms. The number of benzene rings is 2. The normalized spacial score (nSPS) is 17.8. The van der Waals surface area contributed by atoms with E-state index in [1.807, 2.05) is 24.3 Å². The van der Waals surface area contributed by atoms with Crippen molar-refractivity contribution in [2.24, 2.45) is 5.92 Å². The molecular weight excluding hydrogens is 462 g/mol. The van der Waals surface area contributed by atoms with Gasteiger partial charge in [0.1, 0.15) is 5.75 Å². The number of halogens is 1. The number of carbonyl (C=O) groups excluding carboxylic acids is 1. The molecule has 0 aromatic heterocycles. The number of nitrogens with one attached hydrogen (secondary N) is 1. The Balaban J connectivity index is 0.00000306. The average molecular weight is 494 g/mol. The second-order valence-corrected chi connectivity index (χ2v) is 10.3. The summed E-state index contributed by atoms with van der Waals surface area (Å²) in [4.78, 5) is 14.8. The predicted molar refractivity (Wildman–Crippen MR) is 133 cm³/mol. The maximum absolute atomic E-state index is 13.1. The smallest absolute Gasteiger partial charge is 0.243 e. The van der Waals surface area contributed by atoms with E-state index in [1.165, 1.54) is 10.7 Å². The van der Waals surface area contributed by atoms with E-state index in [2.05, 4.69) is 10.2 Å². The highest BCUT2D eigenvalue weighted by Gasteiger charge is 2.29. The second kappa shape index (κ2) is 11.2. The lowest BCUT2D eigenvalue weighted by Crippen LogP contribution is -2.48. The van der Waals surface area contributed by atoms with E-state index in [0.717, 1.165) is 37.1 Å². The van der Waals surface area contributed by atoms with Crippen LogP contribution in [0.4, 0.5) is 11.4 Å². The largest absolute Gasteiger partial charge is 0.495 e. The molecule has 7 nitrogen and oxygen atoms in total. The molecule has 2 fully saturated rings. The fourth-order valence-electron chi connectivity index (χ4n) is 4.53. The molecule has 33 heavy (non-hydrogen) atoms. The molecule has 2 aliphatic rings. The highest BCUT2D eigenvalue weighted by Crippen LogP contribution is 2.30. The number of carbonyl (C=O) groups is 1. The van der Waals surface area contributed by atoms with Crippen molar-refractivity contribution in [1.29, 1.82) is 0 Å². The summed E-state index contributed by atoms with van der Waals surface area (Å²) in [5.41, 5.74) is 1.62. The lowest BCUT2D eigenvalue weighted by molar-refractivity contribution is -0.120. The van der Waals surface area contributed by atoms with Gasteiger partial charge < -0.3 is 15.0 Å². The van der Waals surface area contributed by atoms with Gasteiger partial charge in [0.15, 0.2) is 0 Å². The molecule has 1 saturated carbocycles. The number of ether oxygens (including phenoxy) is 1. The first-order valence-electron chi connectivity index (χ1n) is 11.3. The van der Waals surface area contributed by atoms with Crippen molar-refractivity contribution in [3.8, 4) is 5.75 Å². The van der Waals surface area contributed by atoms with E-state index in [-0.39, 0.29) is 29.1 Å². The minimum atomic E-state index is -3.59. The van der Waals surface area contributed by atoms with Crippen LogP contribution in [0.25, 0.3) is 0 Å². The van der Waals surface area contributed by atoms with Gasteiger partial charge in [-0.05, 0) is 49.2 Å². The van der Waals surface area contributed by atoms with Crippen LogP contribution in [0.3, 0.4) is 0 Å². The number of anilines is 2. The third-order valence-electron chi connectivity index (χ3n) is 6.40. The lowest BCUT2D eigenvalue weighted by Gasteiger charge is -2.35. The van der Waals surface area contributed by atoms with Gasteiger partial charge in [-0.25, -0.2) is 8.42 Å². The summed E-state index contributed by atoms with van der Waals surface area (Å²) in [5.74, 6) is 0.883. The van der Waals surface area contributed by atoms with Crippen LogP contribution in [0, 0.1) is 5.92 Å². The van der Waals surface area contributed by atoms with E-state index < -0.39 is 10.0 Å². The molecule has 1 heterocycles. The molecular formula is C24H32ClN3O4S. The third kappa shape index (κ3) is 5.80. The molecule has 2 aromatic carbocycles. The summed E-state index contributed by atoms with van der Waals surface area (Å²) in [5, 5.41) is 2.94. The monoisotopic (exact) mass is 493 g/mol. The number of amides is 1. The summed E-state index contributed by atoms with van der Waals surface area (Å²) < 4.78 is 33.2. The van der Waals surface area contributed by atoms with E-state index in [0.29, 0.717) is 31.9 Å². The summed E-state index contributed by atoms with van der Waals surface area (Å²) in [7, 11) is -1.95. The first kappa shape index (κ1) is 25.3. The Bertz CT molecular complexity index is 1030. The van der Waals surface area contributed by atoms with Crippen molar-refractivity contribution in [2.45, 2.75) is 37.0 Å². The van der Waals surface area contributed by atoms with Gasteiger partial charge in [0.05, 0.1) is 17.7 Å². The van der Waals surface area contributed by atoms with Gasteiger partial charge in [0.25, 0.3) is 0 Å². The number of piperazine rings is 1. The third-order valence-corrected chi connectivity index (χ3v) is 8.31. The molecule has 0 unspecified atom stereocenters. The number of para-hydroxylation sites is 2. The Morgan fingerprint density at radius 3 is 2.21 bits per heavy atom. The maximum atomic E-state index is 13.1. The highest BCUT2D eigenvalue weighted by atomic mass is 35.5. The number of sulfonamides is 1. The standard InChI is InChI=1S/C24H31N3O4S.ClH/c1-31-23-10-6-5-9-22(23)26-15-17-27(18-16-26)32(29,30)21-13-11-20(12-14-21)25-24(28)19-7-3-2-4-8-19;/h5-6,9-14,19H,2-4,7-8,15-18H2,1H3,(H,25,28);1H. The zero-order valence-electron chi connectivity index (χ0n) is 18.9. The van der Waals surface area contributed by atoms with E-state index >= 15 is 0 Å². The Kier molecular flexibility index (Phi) is 8.62. The van der Waals surface area contributed by atoms with Crippen molar-refractivity contribution in [2.75, 3.05) is 43.5 Å². The highest BCUT2D eigenvalue weighted by molar-refractivity contribution is 7.89. The predicted octanol–water partition coefficient (Wildman–Crippen LogP) is 4.15. The quantitative estimate of drug-likeness (QED) is 0.654. The number of hydrogen-bond donors (Lipinski definition) is 1. The molecule has 4 rings (SSSR count). The van der Waals surface area contributed by atoms with E-state index in [1.54, 1.807) is 31.4 Å². The number of rotatable bonds is 6. The SMILES string of the molecule is COc1ccccc1N1CCN(S(=O)(=O)c2ccc(NC(=O)C3CCCCC3)cc2)CC1.Cl. The van der Waals surface area contributed by atoms with E-state index in [9.17, 15) is 13.2 Å². The molecule has 0 bridgehead atoms. The maximum Gasteiger partial charge on any atom is 0.243 e. The first-order valence-corrected chi connectivity index (χ1v) is 12.7. The van der Waals surface area contributed by atoms with Gasteiger partial charge in [-0.1, -0.05) is 31.4 Å². The topological polar surface area (TPSA) is 79.0 Å². The van der Waals surface area contributed by atoms with Gasteiger partial charge in [0, 0.05) is 37.8 Å². The van der Waals surface area contributed by atoms with Crippen molar-refractivity contribution in [3.63, 3.8) is 0 Å². The van der Waals surface area contributed by atoms with Crippen LogP contribution >= 0.6 is 12.4 Å². The minimum absolute atomic E-state index is 0. The lowest BCUT2D eigenvalue weighted by atomic mass is 9.88. The number of hydrogen-bond acceptors (Lipinski definition) is 5. The van der Waals surface area contributed by atoms with Crippen LogP contribution in [-0.2, 0) is 14.8 Å². The molecule has 2 aromatic rings. The van der Waals surface area contributed by atoms with Crippen molar-refractivity contribution in [3.05, 3.63) is 48.5 Å². The molecule has 180 valence electrons. The molecule has 0 spiro atoms. The van der Waals surface area contributed by atoms with E-state index in [4.69, 9.17) is 4.74 Å². The average Bonchev–Trinajstić information content (AvgIpc) is 2.85. The fraction of sp³-hybridized carbons (Fsp3) is 0.458. The molecule has 0 atom stereocenters. The second-order valence-electron chi connectivity index (χ2n) is 8.41. The van der Waals surface area contributed by atoms with Gasteiger partial charge in [-0.2, -0.15) is 4.31 Å². The van der Waals surface area contributed by atoms with Crippen LogP contribution in [0.1, 0.15) is 32.1 Å². The van der Waals surface area contributed by atoms with Crippen molar-refractivity contribution >= 4 is 39.7 Å². The van der Waals surface area contributed by atoms with Crippen LogP contribution in [0.5, 0.6) is 5.75 Å². The molecule has 1 N–H and O–H groups in total. The van der Waals surface area contributed by atoms with Gasteiger partial charge in [-0.3, -0.25) is 4.79 Å². The fourth-order valence-corrected chi connectivity index (χ4v) is 5.95. The minimum Gasteiger partial charge on any atom is -0.495 e. The molecule has 1 aliphatic carbocycles. The Hall–Kier alpha value is -2.29. The number of methoxy groups -OCH3 is 1. The number of nitrogens with zero attached hydrogens (tertiary/aromatic N) is 2. The van der Waals surface area contributed by atoms with Crippen LogP contribution in [0.15, 0.2) is 53.4 Å². The van der Waals surface area contributed by atoms with Crippen molar-refractivity contribution in [1.82, 2.24) is 4.31 Å². The van der Waals surface area contributed by atoms with Crippen molar-refractivity contribution < 1.29 is 17.9 Å². The zero-order valence-corrected chi connectivity index (χ0v) is 20.5. The summed E-state index contributed by atoms with van der Waals surface area (Å²) in [6.45, 7) is 1.99. The Morgan fingerprint density at radius 1 is 0.939 bits per heavy atom. The summed E-state index contributed by atoms with van der Waals surface area (Å²) in [6, 6.07) is 14.3. The summed E-state index contributed by atoms with van der Waals surface area (Å²) >= 11 is 0. The molecule has 0 radical (unpaired) electrons.